The third-order valence-corrected chi connectivity index (χ3v) is 4.81. The molecular formula is C17H14Cl5N3O2S. The zero-order chi connectivity index (χ0) is 20.9. The Morgan fingerprint density at radius 3 is 2.43 bits per heavy atom. The summed E-state index contributed by atoms with van der Waals surface area (Å²) in [6, 6.07) is 11.3. The van der Waals surface area contributed by atoms with Crippen LogP contribution in [0.25, 0.3) is 0 Å². The van der Waals surface area contributed by atoms with Gasteiger partial charge in [0.15, 0.2) is 5.11 Å². The molecule has 2 aromatic carbocycles. The molecule has 0 radical (unpaired) electrons. The summed E-state index contributed by atoms with van der Waals surface area (Å²) >= 11 is 35.1. The van der Waals surface area contributed by atoms with Crippen LogP contribution in [0.3, 0.4) is 0 Å². The Labute approximate surface area is 192 Å². The minimum Gasteiger partial charge on any atom is -0.497 e. The van der Waals surface area contributed by atoms with Crippen LogP contribution in [-0.4, -0.2) is 28.1 Å². The van der Waals surface area contributed by atoms with Crippen LogP contribution in [0.2, 0.25) is 10.0 Å². The Kier molecular flexibility index (Phi) is 8.30. The lowest BCUT2D eigenvalue weighted by atomic mass is 10.2. The number of hydrogen-bond donors (Lipinski definition) is 3. The van der Waals surface area contributed by atoms with E-state index >= 15 is 0 Å². The summed E-state index contributed by atoms with van der Waals surface area (Å²) in [6.45, 7) is 0. The quantitative estimate of drug-likeness (QED) is 0.290. The first kappa shape index (κ1) is 23.1. The molecule has 0 fully saturated rings. The fourth-order valence-corrected chi connectivity index (χ4v) is 3.07. The predicted octanol–water partition coefficient (Wildman–Crippen LogP) is 5.41. The van der Waals surface area contributed by atoms with E-state index in [0.29, 0.717) is 27.0 Å². The van der Waals surface area contributed by atoms with Gasteiger partial charge in [-0.1, -0.05) is 64.1 Å². The first-order valence-corrected chi connectivity index (χ1v) is 9.94. The van der Waals surface area contributed by atoms with Gasteiger partial charge in [0.05, 0.1) is 17.8 Å². The van der Waals surface area contributed by atoms with Crippen LogP contribution in [0.1, 0.15) is 10.4 Å². The van der Waals surface area contributed by atoms with Crippen molar-refractivity contribution < 1.29 is 9.53 Å². The van der Waals surface area contributed by atoms with Crippen LogP contribution >= 0.6 is 70.2 Å². The first-order chi connectivity index (χ1) is 13.1. The van der Waals surface area contributed by atoms with E-state index in [1.807, 2.05) is 0 Å². The summed E-state index contributed by atoms with van der Waals surface area (Å²) < 4.78 is 3.20. The molecule has 150 valence electrons. The maximum absolute atomic E-state index is 12.5. The predicted molar refractivity (Wildman–Crippen MR) is 120 cm³/mol. The van der Waals surface area contributed by atoms with Gasteiger partial charge in [-0.3, -0.25) is 4.79 Å². The van der Waals surface area contributed by atoms with Crippen molar-refractivity contribution in [2.45, 2.75) is 9.96 Å². The van der Waals surface area contributed by atoms with Gasteiger partial charge in [-0.2, -0.15) is 0 Å². The van der Waals surface area contributed by atoms with Crippen LogP contribution in [0, 0.1) is 0 Å². The number of thiocarbonyl (C=S) groups is 1. The molecule has 0 aliphatic heterocycles. The number of ether oxygens (including phenoxy) is 1. The number of hydrogen-bond acceptors (Lipinski definition) is 3. The summed E-state index contributed by atoms with van der Waals surface area (Å²) in [4.78, 5) is 12.5. The first-order valence-electron chi connectivity index (χ1n) is 7.64. The van der Waals surface area contributed by atoms with Crippen LogP contribution in [0.15, 0.2) is 42.5 Å². The molecule has 11 heteroatoms. The minimum absolute atomic E-state index is 0.0755. The van der Waals surface area contributed by atoms with Gasteiger partial charge < -0.3 is 20.7 Å². The summed E-state index contributed by atoms with van der Waals surface area (Å²) in [6.07, 6.45) is -1.14. The maximum atomic E-state index is 12.5. The number of methoxy groups -OCH3 is 1. The van der Waals surface area contributed by atoms with Gasteiger partial charge in [0.1, 0.15) is 11.9 Å². The average Bonchev–Trinajstić information content (AvgIpc) is 2.62. The number of rotatable bonds is 5. The standard InChI is InChI=1S/C17H14Cl5N3O2S/c1-27-11-4-2-3-9(7-11)14(26)24-15(17(20,21)22)25-16(28)23-13-6-5-10(18)8-12(13)19/h2-8,15H,1H3,(H,24,26)(H2,23,25,28)/t15-/m1/s1. The number of alkyl halides is 3. The van der Waals surface area contributed by atoms with Crippen LogP contribution in [0.4, 0.5) is 5.69 Å². The van der Waals surface area contributed by atoms with Crippen molar-refractivity contribution in [1.82, 2.24) is 10.6 Å². The summed E-state index contributed by atoms with van der Waals surface area (Å²) in [5, 5.41) is 9.08. The van der Waals surface area contributed by atoms with Crippen molar-refractivity contribution in [1.29, 1.82) is 0 Å². The third kappa shape index (κ3) is 6.72. The molecule has 0 heterocycles. The van der Waals surface area contributed by atoms with E-state index in [0.717, 1.165) is 0 Å². The summed E-state index contributed by atoms with van der Waals surface area (Å²) in [5.41, 5.74) is 0.811. The molecule has 0 aromatic heterocycles. The lowest BCUT2D eigenvalue weighted by molar-refractivity contribution is 0.0934. The maximum Gasteiger partial charge on any atom is 0.253 e. The molecule has 0 unspecified atom stereocenters. The molecule has 28 heavy (non-hydrogen) atoms. The van der Waals surface area contributed by atoms with Crippen molar-refractivity contribution in [3.8, 4) is 5.75 Å². The van der Waals surface area contributed by atoms with E-state index in [4.69, 9.17) is 75.0 Å². The molecule has 0 bridgehead atoms. The topological polar surface area (TPSA) is 62.4 Å². The number of benzene rings is 2. The molecule has 2 aromatic rings. The number of nitrogens with one attached hydrogen (secondary N) is 3. The fraction of sp³-hybridized carbons (Fsp3) is 0.176. The molecule has 0 aliphatic carbocycles. The van der Waals surface area contributed by atoms with E-state index in [2.05, 4.69) is 16.0 Å². The van der Waals surface area contributed by atoms with E-state index < -0.39 is 15.9 Å². The fourth-order valence-electron chi connectivity index (χ4n) is 2.06. The van der Waals surface area contributed by atoms with Crippen molar-refractivity contribution in [2.24, 2.45) is 0 Å². The van der Waals surface area contributed by atoms with E-state index in [9.17, 15) is 4.79 Å². The number of carbonyl (C=O) groups excluding carboxylic acids is 1. The lowest BCUT2D eigenvalue weighted by Gasteiger charge is -2.28. The molecule has 0 spiro atoms. The number of carbonyl (C=O) groups is 1. The Bertz CT molecular complexity index is 876. The minimum atomic E-state index is -1.90. The Morgan fingerprint density at radius 2 is 1.82 bits per heavy atom. The second-order valence-corrected chi connectivity index (χ2v) is 9.02. The Hall–Kier alpha value is -1.15. The molecule has 5 nitrogen and oxygen atoms in total. The zero-order valence-electron chi connectivity index (χ0n) is 14.2. The van der Waals surface area contributed by atoms with Gasteiger partial charge in [0.25, 0.3) is 5.91 Å². The monoisotopic (exact) mass is 499 g/mol. The van der Waals surface area contributed by atoms with Gasteiger partial charge in [-0.25, -0.2) is 0 Å². The van der Waals surface area contributed by atoms with Crippen molar-refractivity contribution in [3.05, 3.63) is 58.1 Å². The smallest absolute Gasteiger partial charge is 0.253 e. The highest BCUT2D eigenvalue weighted by Crippen LogP contribution is 2.30. The second-order valence-electron chi connectivity index (χ2n) is 5.40. The van der Waals surface area contributed by atoms with E-state index in [1.54, 1.807) is 42.5 Å². The average molecular weight is 502 g/mol. The molecule has 0 aliphatic rings. The van der Waals surface area contributed by atoms with Gasteiger partial charge in [0, 0.05) is 10.6 Å². The second kappa shape index (κ2) is 10.1. The number of anilines is 1. The van der Waals surface area contributed by atoms with Crippen molar-refractivity contribution in [2.75, 3.05) is 12.4 Å². The molecule has 1 amide bonds. The lowest BCUT2D eigenvalue weighted by Crippen LogP contribution is -2.56. The van der Waals surface area contributed by atoms with Gasteiger partial charge >= 0.3 is 0 Å². The highest BCUT2D eigenvalue weighted by Gasteiger charge is 2.35. The molecule has 0 saturated carbocycles. The summed E-state index contributed by atoms with van der Waals surface area (Å²) in [5.74, 6) is 0.0238. The molecule has 0 saturated heterocycles. The summed E-state index contributed by atoms with van der Waals surface area (Å²) in [7, 11) is 1.49. The SMILES string of the molecule is COc1cccc(C(=O)N[C@H](NC(=S)Nc2ccc(Cl)cc2Cl)C(Cl)(Cl)Cl)c1. The zero-order valence-corrected chi connectivity index (χ0v) is 18.8. The highest BCUT2D eigenvalue weighted by molar-refractivity contribution is 7.80. The normalized spacial score (nSPS) is 12.1. The number of amides is 1. The Morgan fingerprint density at radius 1 is 1.11 bits per heavy atom. The van der Waals surface area contributed by atoms with Gasteiger partial charge in [-0.05, 0) is 48.6 Å². The molecular weight excluding hydrogens is 488 g/mol. The van der Waals surface area contributed by atoms with Crippen LogP contribution < -0.4 is 20.7 Å². The largest absolute Gasteiger partial charge is 0.497 e. The van der Waals surface area contributed by atoms with E-state index in [-0.39, 0.29) is 5.11 Å². The number of halogens is 5. The molecule has 1 atom stereocenters. The van der Waals surface area contributed by atoms with Crippen molar-refractivity contribution in [3.63, 3.8) is 0 Å². The highest BCUT2D eigenvalue weighted by atomic mass is 35.6. The third-order valence-electron chi connectivity index (χ3n) is 3.39. The molecule has 3 N–H and O–H groups in total. The van der Waals surface area contributed by atoms with Gasteiger partial charge in [0.2, 0.25) is 3.79 Å². The van der Waals surface area contributed by atoms with Crippen molar-refractivity contribution >= 4 is 86.9 Å². The van der Waals surface area contributed by atoms with Gasteiger partial charge in [-0.15, -0.1) is 0 Å². The molecule has 2 rings (SSSR count). The Balaban J connectivity index is 2.10. The van der Waals surface area contributed by atoms with Crippen LogP contribution in [-0.2, 0) is 0 Å². The van der Waals surface area contributed by atoms with Crippen LogP contribution in [0.5, 0.6) is 5.75 Å². The van der Waals surface area contributed by atoms with E-state index in [1.165, 1.54) is 7.11 Å².